The second-order valence-electron chi connectivity index (χ2n) is 6.52. The lowest BCUT2D eigenvalue weighted by molar-refractivity contribution is -0.187. The molecule has 4 rings (SSSR count). The summed E-state index contributed by atoms with van der Waals surface area (Å²) in [5, 5.41) is 4.97. The van der Waals surface area contributed by atoms with Crippen molar-refractivity contribution in [3.63, 3.8) is 0 Å². The maximum Gasteiger partial charge on any atom is 0.217 e. The average molecular weight is 459 g/mol. The van der Waals surface area contributed by atoms with Gasteiger partial charge in [-0.05, 0) is 31.2 Å². The summed E-state index contributed by atoms with van der Waals surface area (Å²) in [4.78, 5) is 3.92. The smallest absolute Gasteiger partial charge is 0.217 e. The van der Waals surface area contributed by atoms with Crippen LogP contribution in [0, 0.1) is 5.82 Å². The second-order valence-corrected chi connectivity index (χ2v) is 7.78. The van der Waals surface area contributed by atoms with Crippen LogP contribution in [-0.4, -0.2) is 27.5 Å². The van der Waals surface area contributed by atoms with Crippen molar-refractivity contribution in [3.05, 3.63) is 69.4 Å². The van der Waals surface area contributed by atoms with Crippen LogP contribution in [0.2, 0.25) is 15.1 Å². The summed E-state index contributed by atoms with van der Waals surface area (Å²) in [6, 6.07) is 7.22. The molecule has 0 amide bonds. The van der Waals surface area contributed by atoms with E-state index in [1.54, 1.807) is 12.1 Å². The molecule has 3 aromatic rings. The van der Waals surface area contributed by atoms with Gasteiger partial charge in [0.05, 0.1) is 22.8 Å². The molecule has 0 N–H and O–H groups in total. The Morgan fingerprint density at radius 2 is 2.03 bits per heavy atom. The van der Waals surface area contributed by atoms with E-state index in [1.807, 2.05) is 6.92 Å². The Balaban J connectivity index is 1.69. The molecule has 2 heterocycles. The topological polar surface area (TPSA) is 58.4 Å². The highest BCUT2D eigenvalue weighted by Gasteiger charge is 2.44. The summed E-state index contributed by atoms with van der Waals surface area (Å²) in [6.07, 6.45) is 2.70. The first-order chi connectivity index (χ1) is 13.9. The Kier molecular flexibility index (Phi) is 5.68. The van der Waals surface area contributed by atoms with Crippen molar-refractivity contribution in [1.29, 1.82) is 0 Å². The molecule has 29 heavy (non-hydrogen) atoms. The first kappa shape index (κ1) is 20.4. The van der Waals surface area contributed by atoms with Crippen molar-refractivity contribution >= 4 is 34.8 Å². The van der Waals surface area contributed by atoms with E-state index >= 15 is 0 Å². The quantitative estimate of drug-likeness (QED) is 0.508. The van der Waals surface area contributed by atoms with Crippen LogP contribution in [0.4, 0.5) is 4.39 Å². The minimum Gasteiger partial charge on any atom is -0.453 e. The van der Waals surface area contributed by atoms with E-state index in [0.717, 1.165) is 0 Å². The summed E-state index contributed by atoms with van der Waals surface area (Å²) in [7, 11) is 0. The molecule has 1 saturated heterocycles. The number of hydrogen-bond donors (Lipinski definition) is 0. The Bertz CT molecular complexity index is 1040. The zero-order valence-electron chi connectivity index (χ0n) is 15.1. The lowest BCUT2D eigenvalue weighted by Crippen LogP contribution is -2.34. The normalized spacial score (nSPS) is 21.5. The van der Waals surface area contributed by atoms with Crippen LogP contribution in [0.25, 0.3) is 0 Å². The van der Waals surface area contributed by atoms with Crippen molar-refractivity contribution in [2.24, 2.45) is 0 Å². The fourth-order valence-electron chi connectivity index (χ4n) is 3.06. The van der Waals surface area contributed by atoms with Gasteiger partial charge < -0.3 is 14.2 Å². The van der Waals surface area contributed by atoms with Crippen molar-refractivity contribution in [2.75, 3.05) is 6.61 Å². The molecule has 0 aliphatic carbocycles. The van der Waals surface area contributed by atoms with Gasteiger partial charge in [-0.25, -0.2) is 14.1 Å². The molecule has 10 heteroatoms. The second kappa shape index (κ2) is 8.08. The van der Waals surface area contributed by atoms with Gasteiger partial charge in [0.1, 0.15) is 24.9 Å². The molecule has 2 aromatic carbocycles. The Labute approximate surface area is 181 Å². The van der Waals surface area contributed by atoms with Crippen LogP contribution < -0.4 is 4.74 Å². The SMILES string of the molecule is CC1COC(Cn2cncn2)(c2cc(F)c(Oc3ccc(Cl)cc3Cl)cc2Cl)O1. The van der Waals surface area contributed by atoms with Crippen LogP contribution in [0.15, 0.2) is 43.0 Å². The highest BCUT2D eigenvalue weighted by atomic mass is 35.5. The first-order valence-corrected chi connectivity index (χ1v) is 9.76. The van der Waals surface area contributed by atoms with Gasteiger partial charge in [-0.2, -0.15) is 5.10 Å². The fourth-order valence-corrected chi connectivity index (χ4v) is 3.80. The molecule has 1 aliphatic heterocycles. The number of ether oxygens (including phenoxy) is 3. The van der Waals surface area contributed by atoms with Crippen molar-refractivity contribution in [2.45, 2.75) is 25.4 Å². The molecular formula is C19H15Cl3FN3O3. The summed E-state index contributed by atoms with van der Waals surface area (Å²) in [5.41, 5.74) is 0.325. The van der Waals surface area contributed by atoms with Crippen LogP contribution in [0.5, 0.6) is 11.5 Å². The number of rotatable bonds is 5. The van der Waals surface area contributed by atoms with E-state index in [1.165, 1.54) is 35.5 Å². The molecule has 1 aromatic heterocycles. The third-order valence-electron chi connectivity index (χ3n) is 4.33. The lowest BCUT2D eigenvalue weighted by atomic mass is 10.0. The number of nitrogens with zero attached hydrogens (tertiary/aromatic N) is 3. The Morgan fingerprint density at radius 1 is 1.21 bits per heavy atom. The van der Waals surface area contributed by atoms with E-state index < -0.39 is 11.6 Å². The van der Waals surface area contributed by atoms with Crippen molar-refractivity contribution in [1.82, 2.24) is 14.8 Å². The maximum absolute atomic E-state index is 14.9. The van der Waals surface area contributed by atoms with E-state index in [-0.39, 0.29) is 34.2 Å². The highest BCUT2D eigenvalue weighted by Crippen LogP contribution is 2.42. The molecule has 0 spiro atoms. The standard InChI is InChI=1S/C19H15Cl3FN3O3/c1-11-7-27-19(29-11,8-26-10-24-9-25-26)13-5-16(23)18(6-14(13)21)28-17-3-2-12(20)4-15(17)22/h2-6,9-11H,7-8H2,1H3. The van der Waals surface area contributed by atoms with Crippen LogP contribution in [-0.2, 0) is 21.8 Å². The van der Waals surface area contributed by atoms with Gasteiger partial charge in [-0.15, -0.1) is 0 Å². The van der Waals surface area contributed by atoms with Gasteiger partial charge >= 0.3 is 0 Å². The molecule has 0 bridgehead atoms. The summed E-state index contributed by atoms with van der Waals surface area (Å²) >= 11 is 18.5. The number of halogens is 4. The fraction of sp³-hybridized carbons (Fsp3) is 0.263. The van der Waals surface area contributed by atoms with Gasteiger partial charge in [0.25, 0.3) is 0 Å². The maximum atomic E-state index is 14.9. The minimum atomic E-state index is -1.30. The van der Waals surface area contributed by atoms with Crippen LogP contribution >= 0.6 is 34.8 Å². The Hall–Kier alpha value is -1.90. The average Bonchev–Trinajstić information content (AvgIpc) is 3.30. The lowest BCUT2D eigenvalue weighted by Gasteiger charge is -2.29. The van der Waals surface area contributed by atoms with Gasteiger partial charge in [0, 0.05) is 16.7 Å². The third kappa shape index (κ3) is 4.20. The monoisotopic (exact) mass is 457 g/mol. The van der Waals surface area contributed by atoms with Crippen molar-refractivity contribution in [3.8, 4) is 11.5 Å². The zero-order chi connectivity index (χ0) is 20.6. The summed E-state index contributed by atoms with van der Waals surface area (Å²) in [6.45, 7) is 2.33. The first-order valence-electron chi connectivity index (χ1n) is 8.63. The van der Waals surface area contributed by atoms with E-state index in [4.69, 9.17) is 49.0 Å². The Morgan fingerprint density at radius 3 is 2.69 bits per heavy atom. The number of benzene rings is 2. The molecule has 0 saturated carbocycles. The highest BCUT2D eigenvalue weighted by molar-refractivity contribution is 6.35. The third-order valence-corrected chi connectivity index (χ3v) is 5.17. The summed E-state index contributed by atoms with van der Waals surface area (Å²) < 4.78 is 33.9. The molecular weight excluding hydrogens is 444 g/mol. The molecule has 6 nitrogen and oxygen atoms in total. The predicted octanol–water partition coefficient (Wildman–Crippen LogP) is 5.46. The molecule has 2 atom stereocenters. The van der Waals surface area contributed by atoms with Crippen LogP contribution in [0.3, 0.4) is 0 Å². The predicted molar refractivity (Wildman–Crippen MR) is 106 cm³/mol. The van der Waals surface area contributed by atoms with E-state index in [9.17, 15) is 4.39 Å². The molecule has 1 fully saturated rings. The molecule has 2 unspecified atom stereocenters. The van der Waals surface area contributed by atoms with Gasteiger partial charge in [-0.3, -0.25) is 0 Å². The van der Waals surface area contributed by atoms with Crippen molar-refractivity contribution < 1.29 is 18.6 Å². The van der Waals surface area contributed by atoms with Gasteiger partial charge in [0.2, 0.25) is 5.79 Å². The number of aromatic nitrogens is 3. The van der Waals surface area contributed by atoms with E-state index in [0.29, 0.717) is 17.2 Å². The zero-order valence-corrected chi connectivity index (χ0v) is 17.4. The molecule has 1 aliphatic rings. The van der Waals surface area contributed by atoms with Crippen LogP contribution in [0.1, 0.15) is 12.5 Å². The van der Waals surface area contributed by atoms with E-state index in [2.05, 4.69) is 10.1 Å². The minimum absolute atomic E-state index is 0.0927. The largest absolute Gasteiger partial charge is 0.453 e. The summed E-state index contributed by atoms with van der Waals surface area (Å²) in [5.74, 6) is -1.80. The van der Waals surface area contributed by atoms with Gasteiger partial charge in [-0.1, -0.05) is 34.8 Å². The number of hydrogen-bond acceptors (Lipinski definition) is 5. The molecule has 0 radical (unpaired) electrons. The molecule has 152 valence electrons. The van der Waals surface area contributed by atoms with Gasteiger partial charge in [0.15, 0.2) is 11.6 Å².